The van der Waals surface area contributed by atoms with Crippen LogP contribution < -0.4 is 15.6 Å². The number of nitrogens with zero attached hydrogens (tertiary/aromatic N) is 1. The molecule has 30 heavy (non-hydrogen) atoms. The lowest BCUT2D eigenvalue weighted by Crippen LogP contribution is -2.32. The number of carbonyl (C=O) groups is 1. The van der Waals surface area contributed by atoms with Gasteiger partial charge < -0.3 is 15.0 Å². The molecule has 2 aromatic carbocycles. The van der Waals surface area contributed by atoms with Crippen LogP contribution in [0.4, 0.5) is 4.39 Å². The summed E-state index contributed by atoms with van der Waals surface area (Å²) in [5.74, 6) is 0.556. The number of carbonyl (C=O) groups excluding carboxylic acids is 1. The van der Waals surface area contributed by atoms with Gasteiger partial charge in [0, 0.05) is 18.1 Å². The molecule has 0 radical (unpaired) electrons. The Hall–Kier alpha value is -3.48. The minimum absolute atomic E-state index is 0.129. The predicted molar refractivity (Wildman–Crippen MR) is 112 cm³/mol. The first kappa shape index (κ1) is 21.2. The van der Waals surface area contributed by atoms with E-state index in [0.29, 0.717) is 23.7 Å². The Kier molecular flexibility index (Phi) is 6.61. The van der Waals surface area contributed by atoms with E-state index < -0.39 is 6.04 Å². The number of H-pyrrole nitrogens is 1. The highest BCUT2D eigenvalue weighted by Crippen LogP contribution is 2.22. The third kappa shape index (κ3) is 5.53. The highest BCUT2D eigenvalue weighted by molar-refractivity contribution is 5.80. The fourth-order valence-corrected chi connectivity index (χ4v) is 3.37. The van der Waals surface area contributed by atoms with Gasteiger partial charge in [-0.2, -0.15) is 0 Å². The summed E-state index contributed by atoms with van der Waals surface area (Å²) >= 11 is 0. The number of ether oxygens (including phenoxy) is 1. The summed E-state index contributed by atoms with van der Waals surface area (Å²) in [6.07, 6.45) is 0.428. The lowest BCUT2D eigenvalue weighted by molar-refractivity contribution is -0.121. The first-order chi connectivity index (χ1) is 14.3. The number of aromatic nitrogens is 2. The number of rotatable bonds is 7. The van der Waals surface area contributed by atoms with E-state index >= 15 is 0 Å². The van der Waals surface area contributed by atoms with Crippen LogP contribution in [0.25, 0.3) is 0 Å². The molecule has 7 heteroatoms. The number of amides is 1. The van der Waals surface area contributed by atoms with Crippen LogP contribution in [0.3, 0.4) is 0 Å². The summed E-state index contributed by atoms with van der Waals surface area (Å²) in [4.78, 5) is 31.6. The van der Waals surface area contributed by atoms with Gasteiger partial charge >= 0.3 is 0 Å². The van der Waals surface area contributed by atoms with E-state index in [9.17, 15) is 14.0 Å². The Morgan fingerprint density at radius 3 is 2.57 bits per heavy atom. The van der Waals surface area contributed by atoms with Crippen molar-refractivity contribution in [2.75, 3.05) is 7.11 Å². The molecule has 0 fully saturated rings. The Morgan fingerprint density at radius 1 is 1.17 bits per heavy atom. The van der Waals surface area contributed by atoms with Gasteiger partial charge in [-0.3, -0.25) is 9.59 Å². The van der Waals surface area contributed by atoms with Crippen LogP contribution in [-0.4, -0.2) is 23.0 Å². The van der Waals surface area contributed by atoms with Crippen LogP contribution in [0.1, 0.15) is 34.3 Å². The lowest BCUT2D eigenvalue weighted by Gasteiger charge is -2.20. The molecule has 0 spiro atoms. The predicted octanol–water partition coefficient (Wildman–Crippen LogP) is 3.18. The van der Waals surface area contributed by atoms with Crippen LogP contribution in [0.5, 0.6) is 5.75 Å². The molecule has 0 saturated heterocycles. The number of hydrogen-bond acceptors (Lipinski definition) is 4. The maximum absolute atomic E-state index is 13.4. The van der Waals surface area contributed by atoms with Crippen LogP contribution in [0.15, 0.2) is 53.3 Å². The Morgan fingerprint density at radius 2 is 1.90 bits per heavy atom. The second kappa shape index (κ2) is 9.35. The van der Waals surface area contributed by atoms with Crippen molar-refractivity contribution < 1.29 is 13.9 Å². The number of halogens is 1. The Bertz CT molecular complexity index is 1090. The topological polar surface area (TPSA) is 84.1 Å². The molecule has 1 atom stereocenters. The highest BCUT2D eigenvalue weighted by atomic mass is 19.1. The van der Waals surface area contributed by atoms with Gasteiger partial charge in [0.15, 0.2) is 0 Å². The van der Waals surface area contributed by atoms with Crippen molar-refractivity contribution in [1.82, 2.24) is 15.3 Å². The average Bonchev–Trinajstić information content (AvgIpc) is 2.67. The maximum Gasteiger partial charge on any atom is 0.251 e. The number of nitrogens with one attached hydrogen (secondary N) is 2. The smallest absolute Gasteiger partial charge is 0.251 e. The van der Waals surface area contributed by atoms with Crippen molar-refractivity contribution in [3.05, 3.63) is 92.9 Å². The fourth-order valence-electron chi connectivity index (χ4n) is 3.37. The molecule has 1 aromatic heterocycles. The van der Waals surface area contributed by atoms with Gasteiger partial charge in [-0.1, -0.05) is 29.8 Å². The van der Waals surface area contributed by atoms with Gasteiger partial charge in [0.05, 0.1) is 25.3 Å². The largest absolute Gasteiger partial charge is 0.496 e. The molecule has 1 unspecified atom stereocenters. The number of benzene rings is 2. The summed E-state index contributed by atoms with van der Waals surface area (Å²) in [5.41, 5.74) is 2.81. The molecule has 0 bridgehead atoms. The molecule has 0 aliphatic rings. The minimum Gasteiger partial charge on any atom is -0.496 e. The van der Waals surface area contributed by atoms with Gasteiger partial charge in [0.1, 0.15) is 17.4 Å². The van der Waals surface area contributed by atoms with Gasteiger partial charge in [-0.15, -0.1) is 0 Å². The summed E-state index contributed by atoms with van der Waals surface area (Å²) < 4.78 is 18.8. The van der Waals surface area contributed by atoms with Crippen molar-refractivity contribution in [2.24, 2.45) is 0 Å². The minimum atomic E-state index is -0.470. The van der Waals surface area contributed by atoms with Crippen molar-refractivity contribution in [1.29, 1.82) is 0 Å². The van der Waals surface area contributed by atoms with Gasteiger partial charge in [0.25, 0.3) is 5.56 Å². The van der Waals surface area contributed by atoms with Crippen molar-refractivity contribution >= 4 is 5.91 Å². The van der Waals surface area contributed by atoms with Crippen LogP contribution >= 0.6 is 0 Å². The van der Waals surface area contributed by atoms with Crippen molar-refractivity contribution in [2.45, 2.75) is 32.7 Å². The van der Waals surface area contributed by atoms with E-state index in [-0.39, 0.29) is 23.7 Å². The molecule has 0 aliphatic carbocycles. The summed E-state index contributed by atoms with van der Waals surface area (Å²) in [6.45, 7) is 3.64. The number of aromatic amines is 1. The lowest BCUT2D eigenvalue weighted by atomic mass is 10.0. The van der Waals surface area contributed by atoms with Crippen molar-refractivity contribution in [3.63, 3.8) is 0 Å². The van der Waals surface area contributed by atoms with E-state index in [4.69, 9.17) is 4.74 Å². The zero-order valence-corrected chi connectivity index (χ0v) is 17.2. The quantitative estimate of drug-likeness (QED) is 0.628. The van der Waals surface area contributed by atoms with Crippen LogP contribution in [0, 0.1) is 19.7 Å². The summed E-state index contributed by atoms with van der Waals surface area (Å²) in [7, 11) is 1.56. The molecular formula is C23H24FN3O3. The molecule has 0 saturated carbocycles. The van der Waals surface area contributed by atoms with E-state index in [1.807, 2.05) is 25.1 Å². The second-order valence-electron chi connectivity index (χ2n) is 7.19. The van der Waals surface area contributed by atoms with E-state index in [1.165, 1.54) is 18.2 Å². The molecule has 2 N–H and O–H groups in total. The molecule has 6 nitrogen and oxygen atoms in total. The third-order valence-corrected chi connectivity index (χ3v) is 4.72. The monoisotopic (exact) mass is 409 g/mol. The zero-order valence-electron chi connectivity index (χ0n) is 17.2. The third-order valence-electron chi connectivity index (χ3n) is 4.72. The Balaban J connectivity index is 1.85. The standard InChI is InChI=1S/C23H24FN3O3/c1-14-4-9-21(30-3)17(10-14)11-22(28)27-20(16-5-7-18(24)8-6-16)12-19-13-23(29)26-15(2)25-19/h4-10,13,20H,11-12H2,1-3H3,(H,27,28)(H,25,26,29). The van der Waals surface area contributed by atoms with Crippen LogP contribution in [-0.2, 0) is 17.6 Å². The maximum atomic E-state index is 13.4. The molecule has 3 aromatic rings. The second-order valence-corrected chi connectivity index (χ2v) is 7.19. The average molecular weight is 409 g/mol. The first-order valence-electron chi connectivity index (χ1n) is 9.59. The molecular weight excluding hydrogens is 385 g/mol. The fraction of sp³-hybridized carbons (Fsp3) is 0.261. The molecule has 1 amide bonds. The van der Waals surface area contributed by atoms with E-state index in [2.05, 4.69) is 15.3 Å². The SMILES string of the molecule is COc1ccc(C)cc1CC(=O)NC(Cc1cc(=O)[nH]c(C)n1)c1ccc(F)cc1. The molecule has 156 valence electrons. The van der Waals surface area contributed by atoms with E-state index in [0.717, 1.165) is 16.7 Å². The first-order valence-corrected chi connectivity index (χ1v) is 9.59. The van der Waals surface area contributed by atoms with Crippen molar-refractivity contribution in [3.8, 4) is 5.75 Å². The molecule has 1 heterocycles. The zero-order chi connectivity index (χ0) is 21.7. The van der Waals surface area contributed by atoms with E-state index in [1.54, 1.807) is 26.2 Å². The molecule has 0 aliphatic heterocycles. The summed E-state index contributed by atoms with van der Waals surface area (Å²) in [5, 5.41) is 2.99. The van der Waals surface area contributed by atoms with Crippen LogP contribution in [0.2, 0.25) is 0 Å². The van der Waals surface area contributed by atoms with Gasteiger partial charge in [-0.05, 0) is 37.6 Å². The number of hydrogen-bond donors (Lipinski definition) is 2. The normalized spacial score (nSPS) is 11.7. The molecule has 3 rings (SSSR count). The van der Waals surface area contributed by atoms with Gasteiger partial charge in [-0.25, -0.2) is 9.37 Å². The van der Waals surface area contributed by atoms with Gasteiger partial charge in [0.2, 0.25) is 5.91 Å². The Labute approximate surface area is 174 Å². The highest BCUT2D eigenvalue weighted by Gasteiger charge is 2.18. The number of aryl methyl sites for hydroxylation is 2. The number of methoxy groups -OCH3 is 1. The summed E-state index contributed by atoms with van der Waals surface area (Å²) in [6, 6.07) is 12.5.